The Morgan fingerprint density at radius 3 is 1.33 bits per heavy atom. The number of para-hydroxylation sites is 2. The maximum Gasteiger partial charge on any atom is 0.160 e. The molecule has 4 heteroatoms. The summed E-state index contributed by atoms with van der Waals surface area (Å²) in [6.45, 7) is 0. The number of fused-ring (bicyclic) bond motifs is 15. The topological polar surface area (TPSA) is 47.9 Å². The molecule has 1 aliphatic heterocycles. The highest BCUT2D eigenvalue weighted by Gasteiger charge is 2.58. The summed E-state index contributed by atoms with van der Waals surface area (Å²) in [5.74, 6) is 2.36. The molecule has 69 heavy (non-hydrogen) atoms. The normalized spacial score (nSPS) is 13.9. The summed E-state index contributed by atoms with van der Waals surface area (Å²) in [6, 6.07) is 87.3. The van der Waals surface area contributed by atoms with Crippen LogP contribution in [0.2, 0.25) is 0 Å². The van der Waals surface area contributed by atoms with E-state index < -0.39 is 10.8 Å². The van der Waals surface area contributed by atoms with E-state index >= 15 is 0 Å². The van der Waals surface area contributed by atoms with E-state index in [1.165, 1.54) is 44.5 Å². The first-order valence-corrected chi connectivity index (χ1v) is 23.6. The van der Waals surface area contributed by atoms with E-state index in [4.69, 9.17) is 14.7 Å². The summed E-state index contributed by atoms with van der Waals surface area (Å²) < 4.78 is 7.27. The van der Waals surface area contributed by atoms with Gasteiger partial charge in [-0.15, -0.1) is 0 Å². The number of aromatic nitrogens is 3. The van der Waals surface area contributed by atoms with E-state index in [1.54, 1.807) is 0 Å². The van der Waals surface area contributed by atoms with Gasteiger partial charge in [-0.1, -0.05) is 206 Å². The van der Waals surface area contributed by atoms with Crippen molar-refractivity contribution in [3.05, 3.63) is 293 Å². The van der Waals surface area contributed by atoms with Crippen molar-refractivity contribution in [1.82, 2.24) is 15.0 Å². The number of ether oxygens (including phenoxy) is 1. The molecule has 3 aliphatic rings. The Morgan fingerprint density at radius 1 is 0.290 bits per heavy atom. The molecule has 4 nitrogen and oxygen atoms in total. The molecule has 0 radical (unpaired) electrons. The molecule has 0 atom stereocenters. The first-order valence-electron chi connectivity index (χ1n) is 23.6. The molecule has 2 aliphatic carbocycles. The number of hydrogen-bond donors (Lipinski definition) is 0. The Labute approximate surface area is 400 Å². The highest BCUT2D eigenvalue weighted by molar-refractivity contribution is 5.91. The van der Waals surface area contributed by atoms with Crippen molar-refractivity contribution >= 4 is 0 Å². The second-order valence-corrected chi connectivity index (χ2v) is 18.2. The van der Waals surface area contributed by atoms with Crippen LogP contribution < -0.4 is 4.74 Å². The van der Waals surface area contributed by atoms with Crippen molar-refractivity contribution in [2.75, 3.05) is 0 Å². The molecule has 14 rings (SSSR count). The van der Waals surface area contributed by atoms with Gasteiger partial charge in [0.2, 0.25) is 0 Å². The minimum atomic E-state index is -0.710. The van der Waals surface area contributed by atoms with E-state index in [0.29, 0.717) is 5.82 Å². The highest BCUT2D eigenvalue weighted by atomic mass is 16.5. The number of hydrogen-bond acceptors (Lipinski definition) is 4. The minimum Gasteiger partial charge on any atom is -0.456 e. The maximum atomic E-state index is 7.27. The van der Waals surface area contributed by atoms with Crippen molar-refractivity contribution in [1.29, 1.82) is 0 Å². The van der Waals surface area contributed by atoms with Gasteiger partial charge < -0.3 is 4.74 Å². The first kappa shape index (κ1) is 39.2. The number of benzene rings is 9. The fourth-order valence-electron chi connectivity index (χ4n) is 11.9. The molecule has 0 N–H and O–H groups in total. The molecule has 0 fully saturated rings. The minimum absolute atomic E-state index is 0.528. The molecular formula is C65H41N3O. The van der Waals surface area contributed by atoms with Gasteiger partial charge in [0.1, 0.15) is 11.5 Å². The van der Waals surface area contributed by atoms with Gasteiger partial charge in [0.25, 0.3) is 0 Å². The van der Waals surface area contributed by atoms with Gasteiger partial charge in [-0.05, 0) is 86.5 Å². The maximum absolute atomic E-state index is 7.27. The van der Waals surface area contributed by atoms with Crippen molar-refractivity contribution in [3.63, 3.8) is 0 Å². The van der Waals surface area contributed by atoms with E-state index in [0.717, 1.165) is 73.1 Å². The van der Waals surface area contributed by atoms with Crippen LogP contribution in [0.25, 0.3) is 67.4 Å². The summed E-state index contributed by atoms with van der Waals surface area (Å²) in [5, 5.41) is 0. The lowest BCUT2D eigenvalue weighted by Gasteiger charge is -2.51. The van der Waals surface area contributed by atoms with Gasteiger partial charge in [0.05, 0.1) is 27.9 Å². The average molecular weight is 880 g/mol. The lowest BCUT2D eigenvalue weighted by Crippen LogP contribution is -2.45. The average Bonchev–Trinajstić information content (AvgIpc) is 3.73. The lowest BCUT2D eigenvalue weighted by atomic mass is 9.51. The van der Waals surface area contributed by atoms with Gasteiger partial charge in [0, 0.05) is 45.1 Å². The molecule has 0 unspecified atom stereocenters. The van der Waals surface area contributed by atoms with Crippen molar-refractivity contribution < 1.29 is 4.74 Å². The van der Waals surface area contributed by atoms with Gasteiger partial charge in [0.15, 0.2) is 5.82 Å². The quantitative estimate of drug-likeness (QED) is 0.173. The summed E-state index contributed by atoms with van der Waals surface area (Å²) in [6.07, 6.45) is 1.83. The van der Waals surface area contributed by atoms with Crippen molar-refractivity contribution in [3.8, 4) is 78.9 Å². The fraction of sp³-hybridized carbons (Fsp3) is 0.0308. The molecule has 0 saturated carbocycles. The Bertz CT molecular complexity index is 3750. The third kappa shape index (κ3) is 5.66. The zero-order valence-electron chi connectivity index (χ0n) is 37.4. The zero-order chi connectivity index (χ0) is 45.5. The zero-order valence-corrected chi connectivity index (χ0v) is 37.4. The Kier molecular flexibility index (Phi) is 8.68. The number of pyridine rings is 1. The molecule has 11 aromatic rings. The van der Waals surface area contributed by atoms with Crippen LogP contribution in [0.1, 0.15) is 44.5 Å². The molecular weight excluding hydrogens is 839 g/mol. The van der Waals surface area contributed by atoms with E-state index in [1.807, 2.05) is 42.6 Å². The summed E-state index contributed by atoms with van der Waals surface area (Å²) in [5.41, 5.74) is 19.9. The van der Waals surface area contributed by atoms with Gasteiger partial charge >= 0.3 is 0 Å². The molecule has 9 aromatic carbocycles. The van der Waals surface area contributed by atoms with Gasteiger partial charge in [-0.3, -0.25) is 4.98 Å². The predicted molar refractivity (Wildman–Crippen MR) is 276 cm³/mol. The molecule has 0 saturated heterocycles. The van der Waals surface area contributed by atoms with Crippen molar-refractivity contribution in [2.24, 2.45) is 0 Å². The first-order chi connectivity index (χ1) is 34.2. The SMILES string of the molecule is c1ccc(-c2nc(-c3cccc(-c4ccccn4)c3)cc(-c3cccc(-c4cccc5c4Oc4ccccc4C54c5ccccc5C5(c6ccccc6-c6ccccc65)c5ccccc54)c3)n2)cc1. The highest BCUT2D eigenvalue weighted by Crippen LogP contribution is 2.67. The molecule has 2 spiro atoms. The number of nitrogens with zero attached hydrogens (tertiary/aromatic N) is 3. The standard InChI is InChI=1S/C65H41N3O/c1-2-19-42(20-3-1)63-67-59(41-60(68-63)46-24-17-22-44(40-46)58-36-14-15-38-66-58)45-23-16-21-43(39-45)47-27-18-35-57-62(47)69-61-37-13-12-34-56(61)65(57)54-32-10-8-30-52(54)64(53-31-9-11-33-55(53)65)50-28-6-4-25-48(50)49-26-5-7-29-51(49)64/h1-41H. The summed E-state index contributed by atoms with van der Waals surface area (Å²) in [7, 11) is 0. The van der Waals surface area contributed by atoms with Crippen LogP contribution in [0, 0.1) is 0 Å². The number of rotatable bonds is 5. The van der Waals surface area contributed by atoms with Gasteiger partial charge in [-0.25, -0.2) is 9.97 Å². The molecule has 3 heterocycles. The Hall–Kier alpha value is -8.99. The van der Waals surface area contributed by atoms with E-state index in [2.05, 4.69) is 211 Å². The van der Waals surface area contributed by atoms with Crippen LogP contribution in [0.3, 0.4) is 0 Å². The molecule has 0 amide bonds. The third-order valence-electron chi connectivity index (χ3n) is 14.7. The van der Waals surface area contributed by atoms with Crippen LogP contribution in [-0.4, -0.2) is 15.0 Å². The molecule has 0 bridgehead atoms. The molecule has 2 aromatic heterocycles. The van der Waals surface area contributed by atoms with Crippen LogP contribution in [0.15, 0.2) is 249 Å². The second-order valence-electron chi connectivity index (χ2n) is 18.2. The van der Waals surface area contributed by atoms with Gasteiger partial charge in [-0.2, -0.15) is 0 Å². The van der Waals surface area contributed by atoms with E-state index in [-0.39, 0.29) is 0 Å². The summed E-state index contributed by atoms with van der Waals surface area (Å²) in [4.78, 5) is 15.1. The fourth-order valence-corrected chi connectivity index (χ4v) is 11.9. The van der Waals surface area contributed by atoms with Crippen LogP contribution in [0.4, 0.5) is 0 Å². The third-order valence-corrected chi connectivity index (χ3v) is 14.7. The summed E-state index contributed by atoms with van der Waals surface area (Å²) >= 11 is 0. The predicted octanol–water partition coefficient (Wildman–Crippen LogP) is 15.4. The Morgan fingerprint density at radius 2 is 0.725 bits per heavy atom. The lowest BCUT2D eigenvalue weighted by molar-refractivity contribution is 0.430. The second kappa shape index (κ2) is 15.3. The Balaban J connectivity index is 0.976. The van der Waals surface area contributed by atoms with Crippen molar-refractivity contribution in [2.45, 2.75) is 10.8 Å². The monoisotopic (exact) mass is 879 g/mol. The molecule has 322 valence electrons. The largest absolute Gasteiger partial charge is 0.456 e. The van der Waals surface area contributed by atoms with E-state index in [9.17, 15) is 0 Å². The van der Waals surface area contributed by atoms with Crippen LogP contribution in [0.5, 0.6) is 11.5 Å². The van der Waals surface area contributed by atoms with Crippen LogP contribution in [-0.2, 0) is 10.8 Å². The van der Waals surface area contributed by atoms with Crippen LogP contribution >= 0.6 is 0 Å². The smallest absolute Gasteiger partial charge is 0.160 e.